The summed E-state index contributed by atoms with van der Waals surface area (Å²) in [6, 6.07) is -1.11. The van der Waals surface area contributed by atoms with E-state index >= 15 is 0 Å². The molecule has 2 aliphatic heterocycles. The summed E-state index contributed by atoms with van der Waals surface area (Å²) in [5.41, 5.74) is 18.7. The molecule has 2 heterocycles. The van der Waals surface area contributed by atoms with Crippen LogP contribution in [0.4, 0.5) is 0 Å². The van der Waals surface area contributed by atoms with Crippen molar-refractivity contribution in [3.63, 3.8) is 0 Å². The molecule has 170 valence electrons. The van der Waals surface area contributed by atoms with Crippen molar-refractivity contribution in [1.82, 2.24) is 5.32 Å². The molecule has 3 fully saturated rings. The van der Waals surface area contributed by atoms with Crippen LogP contribution in [0.5, 0.6) is 0 Å². The summed E-state index contributed by atoms with van der Waals surface area (Å²) < 4.78 is 23.5. The third-order valence-corrected chi connectivity index (χ3v) is 6.38. The lowest BCUT2D eigenvalue weighted by atomic mass is 9.84. The van der Waals surface area contributed by atoms with Gasteiger partial charge in [-0.1, -0.05) is 0 Å². The number of nitrogens with two attached hydrogens (primary N) is 3. The Hall–Kier alpha value is -0.400. The van der Waals surface area contributed by atoms with Crippen LogP contribution >= 0.6 is 0 Å². The Morgan fingerprint density at radius 3 is 2.34 bits per heavy atom. The number of ether oxygens (including phenoxy) is 4. The monoisotopic (exact) mass is 418 g/mol. The van der Waals surface area contributed by atoms with Crippen LogP contribution in [0.3, 0.4) is 0 Å². The molecule has 0 bridgehead atoms. The SMILES string of the molecule is CN[C@H](C)[C@@H]1C[C@H](O[C@H]2[C@@H](O)[C@@H](O[C@H]3OCCC[C@H]3O)[C@@H](N)C[C@H]2N)[C@H](N)CO1. The van der Waals surface area contributed by atoms with E-state index in [1.807, 2.05) is 14.0 Å². The zero-order chi connectivity index (χ0) is 21.1. The number of aliphatic hydroxyl groups is 2. The second kappa shape index (κ2) is 10.3. The van der Waals surface area contributed by atoms with Crippen LogP contribution < -0.4 is 22.5 Å². The fraction of sp³-hybridized carbons (Fsp3) is 1.00. The molecular formula is C19H38N4O6. The number of hydrogen-bond donors (Lipinski definition) is 6. The normalized spacial score (nSPS) is 47.7. The Morgan fingerprint density at radius 2 is 1.69 bits per heavy atom. The van der Waals surface area contributed by atoms with Gasteiger partial charge in [0.15, 0.2) is 6.29 Å². The Balaban J connectivity index is 1.65. The molecule has 0 unspecified atom stereocenters. The third-order valence-electron chi connectivity index (χ3n) is 6.38. The fourth-order valence-corrected chi connectivity index (χ4v) is 4.37. The topological polar surface area (TPSA) is 167 Å². The van der Waals surface area contributed by atoms with Crippen molar-refractivity contribution >= 4 is 0 Å². The minimum atomic E-state index is -1.05. The molecule has 1 saturated carbocycles. The molecular weight excluding hydrogens is 380 g/mol. The standard InChI is InChI=1S/C19H38N4O6/c1-9(23-2)14-7-15(12(22)8-27-14)28-17-10(20)6-11(21)18(16(17)25)29-19-13(24)4-3-5-26-19/h9-19,23-25H,3-8,20-22H2,1-2H3/t9-,10-,11+,12-,13-,14+,15+,16-,17-,18+,19-/m1/s1. The highest BCUT2D eigenvalue weighted by Crippen LogP contribution is 2.29. The molecule has 0 spiro atoms. The first-order valence-corrected chi connectivity index (χ1v) is 10.7. The maximum Gasteiger partial charge on any atom is 0.183 e. The van der Waals surface area contributed by atoms with E-state index in [9.17, 15) is 10.2 Å². The fourth-order valence-electron chi connectivity index (χ4n) is 4.37. The van der Waals surface area contributed by atoms with Crippen molar-refractivity contribution in [2.24, 2.45) is 17.2 Å². The van der Waals surface area contributed by atoms with E-state index in [1.165, 1.54) is 0 Å². The van der Waals surface area contributed by atoms with Gasteiger partial charge in [0.2, 0.25) is 0 Å². The first-order chi connectivity index (χ1) is 13.8. The Kier molecular flexibility index (Phi) is 8.24. The number of hydrogen-bond acceptors (Lipinski definition) is 10. The number of rotatable bonds is 6. The predicted octanol–water partition coefficient (Wildman–Crippen LogP) is -2.23. The van der Waals surface area contributed by atoms with Crippen molar-refractivity contribution in [2.75, 3.05) is 20.3 Å². The molecule has 10 nitrogen and oxygen atoms in total. The molecule has 3 aliphatic rings. The van der Waals surface area contributed by atoms with Crippen molar-refractivity contribution in [2.45, 2.75) is 99.7 Å². The molecule has 1 aliphatic carbocycles. The highest BCUT2D eigenvalue weighted by molar-refractivity contribution is 5.00. The maximum absolute atomic E-state index is 11.0. The van der Waals surface area contributed by atoms with E-state index in [1.54, 1.807) is 0 Å². The van der Waals surface area contributed by atoms with Crippen LogP contribution in [0.25, 0.3) is 0 Å². The summed E-state index contributed by atoms with van der Waals surface area (Å²) in [4.78, 5) is 0. The summed E-state index contributed by atoms with van der Waals surface area (Å²) in [6.07, 6.45) is -2.01. The van der Waals surface area contributed by atoms with Gasteiger partial charge < -0.3 is 51.7 Å². The van der Waals surface area contributed by atoms with E-state index < -0.39 is 42.8 Å². The van der Waals surface area contributed by atoms with E-state index in [0.717, 1.165) is 6.42 Å². The van der Waals surface area contributed by atoms with Crippen LogP contribution in [0.15, 0.2) is 0 Å². The molecule has 11 atom stereocenters. The quantitative estimate of drug-likeness (QED) is 0.278. The van der Waals surface area contributed by atoms with E-state index in [-0.39, 0.29) is 24.3 Å². The van der Waals surface area contributed by atoms with Crippen molar-refractivity contribution < 1.29 is 29.2 Å². The molecule has 29 heavy (non-hydrogen) atoms. The highest BCUT2D eigenvalue weighted by Gasteiger charge is 2.47. The summed E-state index contributed by atoms with van der Waals surface area (Å²) >= 11 is 0. The van der Waals surface area contributed by atoms with Gasteiger partial charge in [0, 0.05) is 31.2 Å². The van der Waals surface area contributed by atoms with E-state index in [2.05, 4.69) is 5.32 Å². The minimum Gasteiger partial charge on any atom is -0.388 e. The minimum absolute atomic E-state index is 0.0400. The molecule has 2 saturated heterocycles. The lowest BCUT2D eigenvalue weighted by Crippen LogP contribution is -2.65. The van der Waals surface area contributed by atoms with Gasteiger partial charge in [-0.25, -0.2) is 0 Å². The number of likely N-dealkylation sites (N-methyl/N-ethyl adjacent to an activating group) is 1. The molecule has 0 aromatic rings. The molecule has 0 amide bonds. The third kappa shape index (κ3) is 5.45. The van der Waals surface area contributed by atoms with Gasteiger partial charge in [0.05, 0.1) is 24.9 Å². The van der Waals surface area contributed by atoms with E-state index in [4.69, 9.17) is 36.1 Å². The average Bonchev–Trinajstić information content (AvgIpc) is 2.70. The van der Waals surface area contributed by atoms with Crippen molar-refractivity contribution in [3.05, 3.63) is 0 Å². The van der Waals surface area contributed by atoms with Gasteiger partial charge in [-0.3, -0.25) is 0 Å². The first kappa shape index (κ1) is 23.3. The molecule has 3 rings (SSSR count). The van der Waals surface area contributed by atoms with Crippen LogP contribution in [0.2, 0.25) is 0 Å². The smallest absolute Gasteiger partial charge is 0.183 e. The lowest BCUT2D eigenvalue weighted by molar-refractivity contribution is -0.269. The van der Waals surface area contributed by atoms with Crippen LogP contribution in [0, 0.1) is 0 Å². The van der Waals surface area contributed by atoms with Crippen LogP contribution in [-0.2, 0) is 18.9 Å². The van der Waals surface area contributed by atoms with Gasteiger partial charge in [-0.2, -0.15) is 0 Å². The molecule has 10 heteroatoms. The summed E-state index contributed by atoms with van der Waals surface area (Å²) in [7, 11) is 1.88. The average molecular weight is 419 g/mol. The van der Waals surface area contributed by atoms with Gasteiger partial charge in [-0.05, 0) is 33.2 Å². The zero-order valence-corrected chi connectivity index (χ0v) is 17.4. The second-order valence-corrected chi connectivity index (χ2v) is 8.59. The highest BCUT2D eigenvalue weighted by atomic mass is 16.7. The van der Waals surface area contributed by atoms with E-state index in [0.29, 0.717) is 32.5 Å². The molecule has 9 N–H and O–H groups in total. The van der Waals surface area contributed by atoms with Crippen molar-refractivity contribution in [3.8, 4) is 0 Å². The summed E-state index contributed by atoms with van der Waals surface area (Å²) in [5.74, 6) is 0. The second-order valence-electron chi connectivity index (χ2n) is 8.59. The molecule has 0 aromatic carbocycles. The lowest BCUT2D eigenvalue weighted by Gasteiger charge is -2.46. The maximum atomic E-state index is 11.0. The largest absolute Gasteiger partial charge is 0.388 e. The number of nitrogens with one attached hydrogen (secondary N) is 1. The van der Waals surface area contributed by atoms with Crippen LogP contribution in [0.1, 0.15) is 32.6 Å². The Bertz CT molecular complexity index is 517. The molecule has 0 radical (unpaired) electrons. The first-order valence-electron chi connectivity index (χ1n) is 10.7. The van der Waals surface area contributed by atoms with Gasteiger partial charge >= 0.3 is 0 Å². The predicted molar refractivity (Wildman–Crippen MR) is 106 cm³/mol. The zero-order valence-electron chi connectivity index (χ0n) is 17.4. The molecule has 0 aromatic heterocycles. The number of aliphatic hydroxyl groups excluding tert-OH is 2. The van der Waals surface area contributed by atoms with Gasteiger partial charge in [-0.15, -0.1) is 0 Å². The van der Waals surface area contributed by atoms with Gasteiger partial charge in [0.25, 0.3) is 0 Å². The Morgan fingerprint density at radius 1 is 1.00 bits per heavy atom. The van der Waals surface area contributed by atoms with Crippen molar-refractivity contribution in [1.29, 1.82) is 0 Å². The summed E-state index contributed by atoms with van der Waals surface area (Å²) in [6.45, 7) is 2.92. The van der Waals surface area contributed by atoms with Gasteiger partial charge in [0.1, 0.15) is 24.4 Å². The Labute approximate surface area is 172 Å². The summed E-state index contributed by atoms with van der Waals surface area (Å²) in [5, 5.41) is 24.3. The van der Waals surface area contributed by atoms with Crippen LogP contribution in [-0.4, -0.2) is 97.6 Å².